The molecule has 1 saturated carbocycles. The number of benzene rings is 2. The van der Waals surface area contributed by atoms with E-state index in [9.17, 15) is 14.4 Å². The molecule has 1 unspecified atom stereocenters. The van der Waals surface area contributed by atoms with Gasteiger partial charge in [0, 0.05) is 16.6 Å². The monoisotopic (exact) mass is 490 g/mol. The van der Waals surface area contributed by atoms with Crippen molar-refractivity contribution in [2.75, 3.05) is 11.5 Å². The molecule has 1 heterocycles. The Labute approximate surface area is 209 Å². The van der Waals surface area contributed by atoms with Crippen molar-refractivity contribution in [2.45, 2.75) is 51.1 Å². The van der Waals surface area contributed by atoms with Crippen molar-refractivity contribution in [3.05, 3.63) is 88.1 Å². The number of hydrogen-bond donors (Lipinski definition) is 1. The van der Waals surface area contributed by atoms with Gasteiger partial charge in [0.25, 0.3) is 0 Å². The number of esters is 1. The number of carbonyl (C=O) groups excluding carboxylic acids is 3. The molecule has 0 saturated heterocycles. The van der Waals surface area contributed by atoms with Gasteiger partial charge in [-0.05, 0) is 55.0 Å². The van der Waals surface area contributed by atoms with Crippen molar-refractivity contribution in [1.82, 2.24) is 5.32 Å². The summed E-state index contributed by atoms with van der Waals surface area (Å²) in [6.45, 7) is 2.00. The third-order valence-corrected chi connectivity index (χ3v) is 7.01. The number of nitrogens with one attached hydrogen (secondary N) is 1. The normalized spacial score (nSPS) is 14.3. The molecular formula is C28H30N2O4S. The zero-order valence-corrected chi connectivity index (χ0v) is 20.6. The smallest absolute Gasteiger partial charge is 0.338 e. The van der Waals surface area contributed by atoms with Gasteiger partial charge in [-0.1, -0.05) is 55.3 Å². The molecule has 2 aromatic carbocycles. The van der Waals surface area contributed by atoms with E-state index in [2.05, 4.69) is 5.32 Å². The maximum atomic E-state index is 13.8. The minimum Gasteiger partial charge on any atom is -0.462 e. The molecule has 0 radical (unpaired) electrons. The number of amides is 2. The number of thiophene rings is 1. The molecule has 35 heavy (non-hydrogen) atoms. The van der Waals surface area contributed by atoms with Crippen molar-refractivity contribution < 1.29 is 19.1 Å². The molecule has 1 atom stereocenters. The van der Waals surface area contributed by atoms with E-state index < -0.39 is 12.0 Å². The summed E-state index contributed by atoms with van der Waals surface area (Å²) in [5.74, 6) is -0.903. The molecular weight excluding hydrogens is 460 g/mol. The summed E-state index contributed by atoms with van der Waals surface area (Å²) < 4.78 is 5.17. The lowest BCUT2D eigenvalue weighted by Gasteiger charge is -2.32. The molecule has 4 rings (SSSR count). The highest BCUT2D eigenvalue weighted by Gasteiger charge is 2.34. The minimum atomic E-state index is -0.873. The van der Waals surface area contributed by atoms with Crippen LogP contribution in [-0.2, 0) is 20.7 Å². The molecule has 1 aromatic heterocycles. The first-order chi connectivity index (χ1) is 17.1. The van der Waals surface area contributed by atoms with E-state index in [1.165, 1.54) is 16.2 Å². The van der Waals surface area contributed by atoms with Crippen LogP contribution in [-0.4, -0.2) is 30.4 Å². The van der Waals surface area contributed by atoms with E-state index in [4.69, 9.17) is 4.74 Å². The highest BCUT2D eigenvalue weighted by Crippen LogP contribution is 2.31. The van der Waals surface area contributed by atoms with Crippen LogP contribution in [0.15, 0.2) is 72.1 Å². The van der Waals surface area contributed by atoms with Crippen LogP contribution in [0.4, 0.5) is 5.69 Å². The Bertz CT molecular complexity index is 1140. The Morgan fingerprint density at radius 2 is 1.80 bits per heavy atom. The summed E-state index contributed by atoms with van der Waals surface area (Å²) >= 11 is 1.50. The third kappa shape index (κ3) is 6.17. The van der Waals surface area contributed by atoms with Crippen molar-refractivity contribution in [1.29, 1.82) is 0 Å². The Morgan fingerprint density at radius 1 is 1.03 bits per heavy atom. The summed E-state index contributed by atoms with van der Waals surface area (Å²) in [5.41, 5.74) is 1.53. The highest BCUT2D eigenvalue weighted by atomic mass is 32.1. The van der Waals surface area contributed by atoms with Gasteiger partial charge >= 0.3 is 5.97 Å². The van der Waals surface area contributed by atoms with Crippen molar-refractivity contribution in [3.8, 4) is 0 Å². The van der Waals surface area contributed by atoms with Crippen LogP contribution < -0.4 is 10.2 Å². The number of carbonyl (C=O) groups is 3. The van der Waals surface area contributed by atoms with Crippen molar-refractivity contribution in [2.24, 2.45) is 0 Å². The Morgan fingerprint density at radius 3 is 2.49 bits per heavy atom. The Balaban J connectivity index is 1.77. The van der Waals surface area contributed by atoms with Crippen LogP contribution in [0.25, 0.3) is 0 Å². The van der Waals surface area contributed by atoms with Gasteiger partial charge in [0.15, 0.2) is 0 Å². The predicted octanol–water partition coefficient (Wildman–Crippen LogP) is 5.30. The molecule has 7 heteroatoms. The number of nitrogens with zero attached hydrogens (tertiary/aromatic N) is 1. The third-order valence-electron chi connectivity index (χ3n) is 6.13. The number of hydrogen-bond acceptors (Lipinski definition) is 5. The molecule has 0 spiro atoms. The first-order valence-electron chi connectivity index (χ1n) is 12.0. The van der Waals surface area contributed by atoms with Crippen LogP contribution in [0.1, 0.15) is 59.4 Å². The zero-order chi connectivity index (χ0) is 24.6. The van der Waals surface area contributed by atoms with Crippen LogP contribution in [0.2, 0.25) is 0 Å². The van der Waals surface area contributed by atoms with E-state index in [1.807, 2.05) is 47.8 Å². The van der Waals surface area contributed by atoms with Crippen LogP contribution in [0.3, 0.4) is 0 Å². The molecule has 2 amide bonds. The van der Waals surface area contributed by atoms with Gasteiger partial charge in [-0.25, -0.2) is 4.79 Å². The predicted molar refractivity (Wildman–Crippen MR) is 137 cm³/mol. The van der Waals surface area contributed by atoms with E-state index in [0.29, 0.717) is 16.8 Å². The Kier molecular flexibility index (Phi) is 8.32. The molecule has 182 valence electrons. The molecule has 0 bridgehead atoms. The van der Waals surface area contributed by atoms with Gasteiger partial charge in [-0.3, -0.25) is 14.5 Å². The van der Waals surface area contributed by atoms with E-state index in [-0.39, 0.29) is 30.9 Å². The van der Waals surface area contributed by atoms with Crippen LogP contribution in [0, 0.1) is 0 Å². The largest absolute Gasteiger partial charge is 0.462 e. The summed E-state index contributed by atoms with van der Waals surface area (Å²) in [6, 6.07) is 19.1. The lowest BCUT2D eigenvalue weighted by atomic mass is 10.0. The first kappa shape index (κ1) is 24.7. The fourth-order valence-electron chi connectivity index (χ4n) is 4.48. The maximum absolute atomic E-state index is 13.8. The fourth-order valence-corrected chi connectivity index (χ4v) is 5.18. The van der Waals surface area contributed by atoms with Gasteiger partial charge in [-0.2, -0.15) is 0 Å². The van der Waals surface area contributed by atoms with Crippen molar-refractivity contribution in [3.63, 3.8) is 0 Å². The zero-order valence-electron chi connectivity index (χ0n) is 19.8. The number of rotatable bonds is 9. The van der Waals surface area contributed by atoms with Gasteiger partial charge < -0.3 is 10.1 Å². The number of ether oxygens (including phenoxy) is 1. The molecule has 1 fully saturated rings. The van der Waals surface area contributed by atoms with E-state index in [1.54, 1.807) is 31.2 Å². The SMILES string of the molecule is CCOC(=O)c1cccc(N(C(=O)Cc2cccs2)C(C(=O)NC2CCCC2)c2ccccc2)c1. The van der Waals surface area contributed by atoms with Gasteiger partial charge in [0.1, 0.15) is 6.04 Å². The standard InChI is InChI=1S/C28H30N2O4S/c1-2-34-28(33)21-12-8-15-23(18-21)30(25(31)19-24-16-9-17-35-24)26(20-10-4-3-5-11-20)27(32)29-22-13-6-7-14-22/h3-5,8-12,15-18,22,26H,2,6-7,13-14,19H2,1H3,(H,29,32). The Hall–Kier alpha value is -3.45. The van der Waals surface area contributed by atoms with Gasteiger partial charge in [0.2, 0.25) is 11.8 Å². The highest BCUT2D eigenvalue weighted by molar-refractivity contribution is 7.10. The molecule has 1 N–H and O–H groups in total. The van der Waals surface area contributed by atoms with E-state index in [0.717, 1.165) is 30.6 Å². The summed E-state index contributed by atoms with van der Waals surface area (Å²) in [6.07, 6.45) is 4.21. The second-order valence-electron chi connectivity index (χ2n) is 8.59. The first-order valence-corrected chi connectivity index (χ1v) is 12.9. The van der Waals surface area contributed by atoms with Crippen LogP contribution in [0.5, 0.6) is 0 Å². The average molecular weight is 491 g/mol. The van der Waals surface area contributed by atoms with Gasteiger partial charge in [-0.15, -0.1) is 11.3 Å². The minimum absolute atomic E-state index is 0.105. The molecule has 6 nitrogen and oxygen atoms in total. The quantitative estimate of drug-likeness (QED) is 0.413. The molecule has 0 aliphatic heterocycles. The summed E-state index contributed by atoms with van der Waals surface area (Å²) in [5, 5.41) is 5.10. The topological polar surface area (TPSA) is 75.7 Å². The molecule has 1 aliphatic carbocycles. The second-order valence-corrected chi connectivity index (χ2v) is 9.63. The lowest BCUT2D eigenvalue weighted by molar-refractivity contribution is -0.127. The second kappa shape index (κ2) is 11.8. The van der Waals surface area contributed by atoms with Crippen molar-refractivity contribution >= 4 is 34.8 Å². The molecule has 3 aromatic rings. The average Bonchev–Trinajstić information content (AvgIpc) is 3.57. The lowest BCUT2D eigenvalue weighted by Crippen LogP contribution is -2.46. The molecule has 1 aliphatic rings. The number of anilines is 1. The fraction of sp³-hybridized carbons (Fsp3) is 0.321. The summed E-state index contributed by atoms with van der Waals surface area (Å²) in [4.78, 5) is 42.4. The van der Waals surface area contributed by atoms with Gasteiger partial charge in [0.05, 0.1) is 18.6 Å². The maximum Gasteiger partial charge on any atom is 0.338 e. The summed E-state index contributed by atoms with van der Waals surface area (Å²) in [7, 11) is 0. The van der Waals surface area contributed by atoms with E-state index >= 15 is 0 Å². The van der Waals surface area contributed by atoms with Crippen LogP contribution >= 0.6 is 11.3 Å².